The van der Waals surface area contributed by atoms with Crippen LogP contribution < -0.4 is 5.43 Å². The molecule has 3 saturated heterocycles. The largest absolute Gasteiger partial charge is 0.298 e. The molecule has 1 amide bonds. The van der Waals surface area contributed by atoms with E-state index in [1.54, 1.807) is 12.3 Å². The number of piperidine rings is 3. The molecule has 5 heteroatoms. The number of nitrogens with one attached hydrogen (secondary N) is 1. The van der Waals surface area contributed by atoms with E-state index in [4.69, 9.17) is 0 Å². The summed E-state index contributed by atoms with van der Waals surface area (Å²) >= 11 is 0. The van der Waals surface area contributed by atoms with Crippen LogP contribution in [0.15, 0.2) is 41.6 Å². The summed E-state index contributed by atoms with van der Waals surface area (Å²) in [4.78, 5) is 19.1. The number of carbonyl (C=O) groups excluding carboxylic acids is 1. The van der Waals surface area contributed by atoms with Crippen LogP contribution in [-0.2, 0) is 0 Å². The van der Waals surface area contributed by atoms with Crippen LogP contribution in [0.2, 0.25) is 0 Å². The molecule has 5 rings (SSSR count). The van der Waals surface area contributed by atoms with Gasteiger partial charge < -0.3 is 0 Å². The maximum atomic E-state index is 12.4. The maximum Gasteiger partial charge on any atom is 0.272 e. The van der Waals surface area contributed by atoms with Crippen LogP contribution in [0.1, 0.15) is 23.2 Å². The predicted octanol–water partition coefficient (Wildman–Crippen LogP) is 2.05. The van der Waals surface area contributed by atoms with E-state index in [0.29, 0.717) is 11.5 Å². The van der Waals surface area contributed by atoms with Crippen molar-refractivity contribution >= 4 is 22.5 Å². The van der Waals surface area contributed by atoms with Crippen LogP contribution in [0.25, 0.3) is 10.9 Å². The van der Waals surface area contributed by atoms with Crippen molar-refractivity contribution in [3.8, 4) is 0 Å². The molecule has 1 aromatic carbocycles. The Kier molecular flexibility index (Phi) is 3.35. The fraction of sp³-hybridized carbons (Fsp3) is 0.353. The van der Waals surface area contributed by atoms with Crippen LogP contribution in [-0.4, -0.2) is 41.1 Å². The van der Waals surface area contributed by atoms with Crippen LogP contribution in [0.3, 0.4) is 0 Å². The van der Waals surface area contributed by atoms with Crippen molar-refractivity contribution in [2.45, 2.75) is 12.8 Å². The van der Waals surface area contributed by atoms with Gasteiger partial charge in [0.1, 0.15) is 0 Å². The Bertz CT molecular complexity index is 742. The highest BCUT2D eigenvalue weighted by molar-refractivity contribution is 6.06. The fourth-order valence-corrected chi connectivity index (χ4v) is 3.39. The number of benzene rings is 1. The zero-order chi connectivity index (χ0) is 14.9. The molecule has 1 N–H and O–H groups in total. The van der Waals surface area contributed by atoms with E-state index in [9.17, 15) is 4.79 Å². The normalized spacial score (nSPS) is 25.5. The Morgan fingerprint density at radius 2 is 2.05 bits per heavy atom. The fourth-order valence-electron chi connectivity index (χ4n) is 3.39. The second-order valence-corrected chi connectivity index (χ2v) is 5.97. The zero-order valence-electron chi connectivity index (χ0n) is 12.3. The Morgan fingerprint density at radius 1 is 1.23 bits per heavy atom. The van der Waals surface area contributed by atoms with E-state index in [1.165, 1.54) is 0 Å². The number of nitrogens with zero attached hydrogens (tertiary/aromatic N) is 3. The third-order valence-corrected chi connectivity index (χ3v) is 4.64. The molecule has 3 fully saturated rings. The van der Waals surface area contributed by atoms with Crippen molar-refractivity contribution in [2.24, 2.45) is 11.0 Å². The minimum absolute atomic E-state index is 0.164. The molecule has 0 unspecified atom stereocenters. The lowest BCUT2D eigenvalue weighted by atomic mass is 9.87. The van der Waals surface area contributed by atoms with Crippen molar-refractivity contribution in [2.75, 3.05) is 19.6 Å². The second kappa shape index (κ2) is 5.50. The minimum Gasteiger partial charge on any atom is -0.298 e. The van der Waals surface area contributed by atoms with Crippen molar-refractivity contribution in [1.82, 2.24) is 15.3 Å². The molecule has 2 bridgehead atoms. The summed E-state index contributed by atoms with van der Waals surface area (Å²) < 4.78 is 0. The van der Waals surface area contributed by atoms with Gasteiger partial charge in [0.15, 0.2) is 0 Å². The van der Waals surface area contributed by atoms with E-state index >= 15 is 0 Å². The number of pyridine rings is 1. The third kappa shape index (κ3) is 2.37. The summed E-state index contributed by atoms with van der Waals surface area (Å²) in [5.41, 5.74) is 5.30. The van der Waals surface area contributed by atoms with Gasteiger partial charge in [-0.1, -0.05) is 18.2 Å². The minimum atomic E-state index is -0.164. The van der Waals surface area contributed by atoms with E-state index < -0.39 is 0 Å². The standard InChI is InChI=1S/C17H18N4O/c22-17(14-5-8-18-15-4-2-1-3-13(14)15)20-19-16-11-21-9-6-12(16)7-10-21/h1-5,8,12H,6-7,9-11H2,(H,20,22). The SMILES string of the molecule is O=C(NN=C1CN2CCC1CC2)c1ccnc2ccccc12. The maximum absolute atomic E-state index is 12.4. The van der Waals surface area contributed by atoms with Crippen molar-refractivity contribution < 1.29 is 4.79 Å². The van der Waals surface area contributed by atoms with Crippen molar-refractivity contribution in [3.05, 3.63) is 42.1 Å². The second-order valence-electron chi connectivity index (χ2n) is 5.97. The lowest BCUT2D eigenvalue weighted by Crippen LogP contribution is -2.48. The van der Waals surface area contributed by atoms with Gasteiger partial charge in [-0.05, 0) is 38.1 Å². The van der Waals surface area contributed by atoms with Crippen LogP contribution in [0.4, 0.5) is 0 Å². The van der Waals surface area contributed by atoms with Crippen LogP contribution >= 0.6 is 0 Å². The average Bonchev–Trinajstić information content (AvgIpc) is 2.60. The Hall–Kier alpha value is -2.27. The molecule has 112 valence electrons. The first kappa shape index (κ1) is 13.4. The monoisotopic (exact) mass is 294 g/mol. The highest BCUT2D eigenvalue weighted by Crippen LogP contribution is 2.25. The summed E-state index contributed by atoms with van der Waals surface area (Å²) in [6, 6.07) is 9.41. The molecule has 2 aromatic rings. The predicted molar refractivity (Wildman–Crippen MR) is 85.8 cm³/mol. The van der Waals surface area contributed by atoms with E-state index in [2.05, 4.69) is 20.4 Å². The number of aromatic nitrogens is 1. The molecule has 0 spiro atoms. The Labute approximate surface area is 129 Å². The van der Waals surface area contributed by atoms with E-state index in [1.807, 2.05) is 24.3 Å². The number of para-hydroxylation sites is 1. The summed E-state index contributed by atoms with van der Waals surface area (Å²) in [6.45, 7) is 3.21. The van der Waals surface area contributed by atoms with Gasteiger partial charge in [0.25, 0.3) is 5.91 Å². The van der Waals surface area contributed by atoms with Gasteiger partial charge in [0.05, 0.1) is 16.8 Å². The first-order valence-corrected chi connectivity index (χ1v) is 7.74. The lowest BCUT2D eigenvalue weighted by Gasteiger charge is -2.39. The number of fused-ring (bicyclic) bond motifs is 4. The first-order valence-electron chi connectivity index (χ1n) is 7.74. The molecular weight excluding hydrogens is 276 g/mol. The van der Waals surface area contributed by atoms with Gasteiger partial charge in [-0.25, -0.2) is 5.43 Å². The third-order valence-electron chi connectivity index (χ3n) is 4.64. The summed E-state index contributed by atoms with van der Waals surface area (Å²) in [7, 11) is 0. The van der Waals surface area contributed by atoms with E-state index in [-0.39, 0.29) is 5.91 Å². The smallest absolute Gasteiger partial charge is 0.272 e. The van der Waals surface area contributed by atoms with Gasteiger partial charge >= 0.3 is 0 Å². The summed E-state index contributed by atoms with van der Waals surface area (Å²) in [6.07, 6.45) is 3.98. The summed E-state index contributed by atoms with van der Waals surface area (Å²) in [5, 5.41) is 5.26. The van der Waals surface area contributed by atoms with Crippen molar-refractivity contribution in [1.29, 1.82) is 0 Å². The molecule has 3 aliphatic rings. The molecule has 3 aliphatic heterocycles. The van der Waals surface area contributed by atoms with Crippen molar-refractivity contribution in [3.63, 3.8) is 0 Å². The molecular formula is C17H18N4O. The van der Waals surface area contributed by atoms with Gasteiger partial charge in [0.2, 0.25) is 0 Å². The van der Waals surface area contributed by atoms with Gasteiger partial charge in [-0.15, -0.1) is 0 Å². The number of carbonyl (C=O) groups is 1. The van der Waals surface area contributed by atoms with Gasteiger partial charge in [-0.2, -0.15) is 5.10 Å². The molecule has 0 aliphatic carbocycles. The number of amides is 1. The molecule has 0 saturated carbocycles. The molecule has 5 nitrogen and oxygen atoms in total. The average molecular weight is 294 g/mol. The molecule has 22 heavy (non-hydrogen) atoms. The zero-order valence-corrected chi connectivity index (χ0v) is 12.3. The van der Waals surface area contributed by atoms with Gasteiger partial charge in [0, 0.05) is 24.0 Å². The number of rotatable bonds is 2. The highest BCUT2D eigenvalue weighted by atomic mass is 16.2. The molecule has 0 atom stereocenters. The van der Waals surface area contributed by atoms with Gasteiger partial charge in [-0.3, -0.25) is 14.7 Å². The van der Waals surface area contributed by atoms with Crippen LogP contribution in [0, 0.1) is 5.92 Å². The summed E-state index contributed by atoms with van der Waals surface area (Å²) in [5.74, 6) is 0.377. The Balaban J connectivity index is 1.57. The lowest BCUT2D eigenvalue weighted by molar-refractivity contribution is 0.0955. The first-order chi connectivity index (χ1) is 10.8. The van der Waals surface area contributed by atoms with E-state index in [0.717, 1.165) is 49.1 Å². The highest BCUT2D eigenvalue weighted by Gasteiger charge is 2.31. The number of hydrogen-bond acceptors (Lipinski definition) is 4. The molecule has 0 radical (unpaired) electrons. The number of hydrogen-bond donors (Lipinski definition) is 1. The quantitative estimate of drug-likeness (QED) is 0.862. The van der Waals surface area contributed by atoms with Crippen LogP contribution in [0.5, 0.6) is 0 Å². The molecule has 1 aromatic heterocycles. The molecule has 4 heterocycles. The Morgan fingerprint density at radius 3 is 2.82 bits per heavy atom. The topological polar surface area (TPSA) is 57.6 Å². The number of hydrazone groups is 1.